The molecule has 0 aromatic heterocycles. The van der Waals surface area contributed by atoms with E-state index in [1.54, 1.807) is 0 Å². The fourth-order valence-corrected chi connectivity index (χ4v) is 2.62. The molecule has 1 aliphatic carbocycles. The number of benzene rings is 1. The normalized spacial score (nSPS) is 20.5. The maximum atomic E-state index is 11.9. The maximum Gasteiger partial charge on any atom is 0.223 e. The van der Waals surface area contributed by atoms with Crippen LogP contribution in [0.1, 0.15) is 30.7 Å². The molecule has 2 rings (SSSR count). The molecule has 1 fully saturated rings. The van der Waals surface area contributed by atoms with Crippen LogP contribution in [-0.2, 0) is 4.79 Å². The van der Waals surface area contributed by atoms with Crippen LogP contribution in [0.15, 0.2) is 28.7 Å². The maximum absolute atomic E-state index is 11.9. The lowest BCUT2D eigenvalue weighted by Gasteiger charge is -2.04. The number of rotatable bonds is 6. The second-order valence-electron chi connectivity index (χ2n) is 4.79. The van der Waals surface area contributed by atoms with Crippen molar-refractivity contribution in [3.63, 3.8) is 0 Å². The number of amides is 1. The van der Waals surface area contributed by atoms with Gasteiger partial charge in [-0.05, 0) is 49.4 Å². The summed E-state index contributed by atoms with van der Waals surface area (Å²) < 4.78 is 1.08. The molecule has 0 aliphatic heterocycles. The Balaban J connectivity index is 0.00000180. The van der Waals surface area contributed by atoms with Crippen LogP contribution in [0.25, 0.3) is 0 Å². The van der Waals surface area contributed by atoms with Crippen molar-refractivity contribution in [1.82, 2.24) is 5.32 Å². The molecule has 1 saturated carbocycles. The van der Waals surface area contributed by atoms with Crippen molar-refractivity contribution in [3.8, 4) is 0 Å². The molecule has 2 atom stereocenters. The molecule has 106 valence electrons. The molecule has 19 heavy (non-hydrogen) atoms. The van der Waals surface area contributed by atoms with E-state index in [0.29, 0.717) is 12.5 Å². The van der Waals surface area contributed by atoms with E-state index >= 15 is 0 Å². The second-order valence-corrected chi connectivity index (χ2v) is 5.71. The fourth-order valence-electron chi connectivity index (χ4n) is 2.20. The van der Waals surface area contributed by atoms with Crippen LogP contribution >= 0.6 is 28.3 Å². The Morgan fingerprint density at radius 3 is 2.89 bits per heavy atom. The summed E-state index contributed by atoms with van der Waals surface area (Å²) in [6.07, 6.45) is 2.91. The van der Waals surface area contributed by atoms with Gasteiger partial charge in [-0.25, -0.2) is 0 Å². The molecule has 1 aromatic rings. The average molecular weight is 348 g/mol. The molecule has 0 spiro atoms. The molecule has 0 heterocycles. The van der Waals surface area contributed by atoms with E-state index < -0.39 is 0 Å². The number of nitrogens with two attached hydrogens (primary N) is 1. The predicted octanol–water partition coefficient (Wildman–Crippen LogP) is 2.83. The van der Waals surface area contributed by atoms with Gasteiger partial charge in [-0.3, -0.25) is 4.79 Å². The minimum absolute atomic E-state index is 0. The summed E-state index contributed by atoms with van der Waals surface area (Å²) in [5.41, 5.74) is 6.67. The first kappa shape index (κ1) is 16.5. The number of unbranched alkanes of at least 4 members (excludes halogenated alkanes) is 1. The highest BCUT2D eigenvalue weighted by molar-refractivity contribution is 9.10. The van der Waals surface area contributed by atoms with Gasteiger partial charge in [0.1, 0.15) is 0 Å². The van der Waals surface area contributed by atoms with E-state index in [1.807, 2.05) is 12.1 Å². The van der Waals surface area contributed by atoms with Crippen LogP contribution in [-0.4, -0.2) is 19.0 Å². The van der Waals surface area contributed by atoms with Gasteiger partial charge in [0, 0.05) is 16.9 Å². The molecular formula is C14H20BrClN2O. The number of carbonyl (C=O) groups is 1. The van der Waals surface area contributed by atoms with Crippen molar-refractivity contribution in [3.05, 3.63) is 34.3 Å². The largest absolute Gasteiger partial charge is 0.356 e. The first-order chi connectivity index (χ1) is 8.72. The van der Waals surface area contributed by atoms with Crippen molar-refractivity contribution >= 4 is 34.2 Å². The summed E-state index contributed by atoms with van der Waals surface area (Å²) in [6.45, 7) is 1.44. The number of nitrogens with one attached hydrogen (secondary N) is 1. The predicted molar refractivity (Wildman–Crippen MR) is 83.5 cm³/mol. The summed E-state index contributed by atoms with van der Waals surface area (Å²) in [6, 6.07) is 8.23. The zero-order valence-electron chi connectivity index (χ0n) is 10.8. The van der Waals surface area contributed by atoms with Crippen molar-refractivity contribution in [2.45, 2.75) is 25.2 Å². The van der Waals surface area contributed by atoms with Gasteiger partial charge in [-0.1, -0.05) is 28.1 Å². The molecule has 3 N–H and O–H groups in total. The van der Waals surface area contributed by atoms with Crippen LogP contribution in [0.4, 0.5) is 0 Å². The quantitative estimate of drug-likeness (QED) is 0.778. The van der Waals surface area contributed by atoms with Crippen LogP contribution in [0.3, 0.4) is 0 Å². The monoisotopic (exact) mass is 346 g/mol. The zero-order chi connectivity index (χ0) is 13.0. The number of hydrogen-bond donors (Lipinski definition) is 2. The van der Waals surface area contributed by atoms with Crippen LogP contribution in [0.5, 0.6) is 0 Å². The molecule has 2 unspecified atom stereocenters. The van der Waals surface area contributed by atoms with Gasteiger partial charge in [0.2, 0.25) is 5.91 Å². The van der Waals surface area contributed by atoms with Gasteiger partial charge in [-0.15, -0.1) is 12.4 Å². The summed E-state index contributed by atoms with van der Waals surface area (Å²) in [5.74, 6) is 0.756. The lowest BCUT2D eigenvalue weighted by molar-refractivity contribution is -0.122. The summed E-state index contributed by atoms with van der Waals surface area (Å²) in [5, 5.41) is 2.99. The molecule has 1 amide bonds. The van der Waals surface area contributed by atoms with E-state index in [1.165, 1.54) is 5.56 Å². The molecule has 0 saturated heterocycles. The Hall–Kier alpha value is -0.580. The van der Waals surface area contributed by atoms with Gasteiger partial charge in [0.05, 0.1) is 0 Å². The molecule has 1 aromatic carbocycles. The van der Waals surface area contributed by atoms with Crippen molar-refractivity contribution in [2.75, 3.05) is 13.1 Å². The molecule has 3 nitrogen and oxygen atoms in total. The average Bonchev–Trinajstić information content (AvgIpc) is 3.15. The van der Waals surface area contributed by atoms with E-state index in [-0.39, 0.29) is 24.2 Å². The van der Waals surface area contributed by atoms with Crippen LogP contribution < -0.4 is 11.1 Å². The fraction of sp³-hybridized carbons (Fsp3) is 0.500. The van der Waals surface area contributed by atoms with E-state index in [9.17, 15) is 4.79 Å². The highest BCUT2D eigenvalue weighted by Crippen LogP contribution is 2.47. The molecule has 0 bridgehead atoms. The smallest absolute Gasteiger partial charge is 0.223 e. The topological polar surface area (TPSA) is 55.1 Å². The highest BCUT2D eigenvalue weighted by Gasteiger charge is 2.43. The zero-order valence-corrected chi connectivity index (χ0v) is 13.2. The Kier molecular flexibility index (Phi) is 6.83. The lowest BCUT2D eigenvalue weighted by atomic mass is 10.1. The van der Waals surface area contributed by atoms with Crippen LogP contribution in [0, 0.1) is 5.92 Å². The Labute approximate surface area is 128 Å². The second kappa shape index (κ2) is 7.88. The number of halogens is 2. The summed E-state index contributed by atoms with van der Waals surface area (Å²) >= 11 is 3.46. The highest BCUT2D eigenvalue weighted by atomic mass is 79.9. The first-order valence-corrected chi connectivity index (χ1v) is 7.25. The third kappa shape index (κ3) is 4.79. The standard InChI is InChI=1S/C14H19BrN2O.ClH/c15-11-5-3-4-10(8-11)12-9-13(12)14(18)17-7-2-1-6-16;/h3-5,8,12-13H,1-2,6-7,9,16H2,(H,17,18);1H. The third-order valence-corrected chi connectivity index (χ3v) is 3.83. The molecule has 5 heteroatoms. The van der Waals surface area contributed by atoms with Crippen molar-refractivity contribution in [2.24, 2.45) is 11.7 Å². The van der Waals surface area contributed by atoms with Gasteiger partial charge in [-0.2, -0.15) is 0 Å². The summed E-state index contributed by atoms with van der Waals surface area (Å²) in [7, 11) is 0. The minimum Gasteiger partial charge on any atom is -0.356 e. The molecule has 1 aliphatic rings. The van der Waals surface area contributed by atoms with Crippen molar-refractivity contribution in [1.29, 1.82) is 0 Å². The van der Waals surface area contributed by atoms with Gasteiger partial charge in [0.15, 0.2) is 0 Å². The lowest BCUT2D eigenvalue weighted by Crippen LogP contribution is -2.26. The number of carbonyl (C=O) groups excluding carboxylic acids is 1. The third-order valence-electron chi connectivity index (χ3n) is 3.33. The van der Waals surface area contributed by atoms with Gasteiger partial charge < -0.3 is 11.1 Å². The Bertz CT molecular complexity index is 428. The molecular weight excluding hydrogens is 328 g/mol. The van der Waals surface area contributed by atoms with E-state index in [0.717, 1.165) is 30.3 Å². The first-order valence-electron chi connectivity index (χ1n) is 6.45. The van der Waals surface area contributed by atoms with E-state index in [4.69, 9.17) is 5.73 Å². The van der Waals surface area contributed by atoms with Crippen molar-refractivity contribution < 1.29 is 4.79 Å². The van der Waals surface area contributed by atoms with E-state index in [2.05, 4.69) is 33.4 Å². The minimum atomic E-state index is 0. The van der Waals surface area contributed by atoms with Gasteiger partial charge in [0.25, 0.3) is 0 Å². The molecule has 0 radical (unpaired) electrons. The Morgan fingerprint density at radius 2 is 2.21 bits per heavy atom. The van der Waals surface area contributed by atoms with Gasteiger partial charge >= 0.3 is 0 Å². The Morgan fingerprint density at radius 1 is 1.42 bits per heavy atom. The summed E-state index contributed by atoms with van der Waals surface area (Å²) in [4.78, 5) is 11.9. The number of hydrogen-bond acceptors (Lipinski definition) is 2. The van der Waals surface area contributed by atoms with Crippen LogP contribution in [0.2, 0.25) is 0 Å². The SMILES string of the molecule is Cl.NCCCCNC(=O)C1CC1c1cccc(Br)c1.